The zero-order valence-corrected chi connectivity index (χ0v) is 11.6. The number of aliphatic carboxylic acids is 2. The first kappa shape index (κ1) is 17.7. The van der Waals surface area contributed by atoms with Gasteiger partial charge in [0.15, 0.2) is 0 Å². The zero-order chi connectivity index (χ0) is 14.3. The Hall–Kier alpha value is -1.32. The SMILES string of the molecule is O=C(O)CCCCCC=CCCCCCCC(=O)O. The molecule has 0 saturated carbocycles. The minimum Gasteiger partial charge on any atom is -0.481 e. The molecule has 0 aliphatic heterocycles. The van der Waals surface area contributed by atoms with Crippen molar-refractivity contribution in [3.63, 3.8) is 0 Å². The van der Waals surface area contributed by atoms with E-state index in [2.05, 4.69) is 12.2 Å². The zero-order valence-electron chi connectivity index (χ0n) is 11.6. The maximum atomic E-state index is 10.3. The van der Waals surface area contributed by atoms with Crippen molar-refractivity contribution < 1.29 is 19.8 Å². The van der Waals surface area contributed by atoms with Crippen LogP contribution in [0.2, 0.25) is 0 Å². The molecule has 0 aliphatic rings. The molecule has 0 aliphatic carbocycles. The van der Waals surface area contributed by atoms with Crippen molar-refractivity contribution in [2.24, 2.45) is 0 Å². The molecule has 0 bridgehead atoms. The monoisotopic (exact) mass is 270 g/mol. The molecule has 0 amide bonds. The summed E-state index contributed by atoms with van der Waals surface area (Å²) in [4.78, 5) is 20.5. The third-order valence-electron chi connectivity index (χ3n) is 2.94. The molecule has 0 aromatic rings. The smallest absolute Gasteiger partial charge is 0.303 e. The van der Waals surface area contributed by atoms with Crippen molar-refractivity contribution in [2.45, 2.75) is 70.6 Å². The van der Waals surface area contributed by atoms with Crippen LogP contribution < -0.4 is 0 Å². The second kappa shape index (κ2) is 13.1. The van der Waals surface area contributed by atoms with Crippen LogP contribution in [-0.2, 0) is 9.59 Å². The largest absolute Gasteiger partial charge is 0.481 e. The van der Waals surface area contributed by atoms with Crippen molar-refractivity contribution in [3.05, 3.63) is 12.2 Å². The number of carboxylic acids is 2. The van der Waals surface area contributed by atoms with Crippen molar-refractivity contribution in [1.82, 2.24) is 0 Å². The third kappa shape index (κ3) is 16.7. The molecule has 19 heavy (non-hydrogen) atoms. The van der Waals surface area contributed by atoms with Gasteiger partial charge in [0.25, 0.3) is 0 Å². The third-order valence-corrected chi connectivity index (χ3v) is 2.94. The first-order chi connectivity index (χ1) is 9.13. The van der Waals surface area contributed by atoms with Gasteiger partial charge in [-0.2, -0.15) is 0 Å². The fraction of sp³-hybridized carbons (Fsp3) is 0.733. The average molecular weight is 270 g/mol. The Kier molecular flexibility index (Phi) is 12.2. The summed E-state index contributed by atoms with van der Waals surface area (Å²) in [5.41, 5.74) is 0. The van der Waals surface area contributed by atoms with E-state index >= 15 is 0 Å². The van der Waals surface area contributed by atoms with Gasteiger partial charge in [0.2, 0.25) is 0 Å². The van der Waals surface area contributed by atoms with E-state index in [4.69, 9.17) is 10.2 Å². The molecule has 0 aromatic carbocycles. The quantitative estimate of drug-likeness (QED) is 0.392. The predicted molar refractivity (Wildman–Crippen MR) is 75.2 cm³/mol. The van der Waals surface area contributed by atoms with Gasteiger partial charge in [-0.05, 0) is 38.5 Å². The van der Waals surface area contributed by atoms with Gasteiger partial charge in [-0.25, -0.2) is 0 Å². The molecule has 0 aromatic heterocycles. The van der Waals surface area contributed by atoms with Crippen molar-refractivity contribution in [3.8, 4) is 0 Å². The highest BCUT2D eigenvalue weighted by Gasteiger charge is 1.96. The first-order valence-corrected chi connectivity index (χ1v) is 7.21. The van der Waals surface area contributed by atoms with Crippen LogP contribution in [0.3, 0.4) is 0 Å². The normalized spacial score (nSPS) is 10.9. The van der Waals surface area contributed by atoms with Crippen LogP contribution in [-0.4, -0.2) is 22.2 Å². The molecule has 0 unspecified atom stereocenters. The Morgan fingerprint density at radius 3 is 1.42 bits per heavy atom. The highest BCUT2D eigenvalue weighted by atomic mass is 16.4. The lowest BCUT2D eigenvalue weighted by Crippen LogP contribution is -1.93. The average Bonchev–Trinajstić information content (AvgIpc) is 2.34. The lowest BCUT2D eigenvalue weighted by atomic mass is 10.1. The maximum absolute atomic E-state index is 10.3. The van der Waals surface area contributed by atoms with Gasteiger partial charge in [-0.3, -0.25) is 9.59 Å². The van der Waals surface area contributed by atoms with E-state index in [1.807, 2.05) is 0 Å². The molecular weight excluding hydrogens is 244 g/mol. The van der Waals surface area contributed by atoms with Crippen LogP contribution in [0.4, 0.5) is 0 Å². The van der Waals surface area contributed by atoms with Gasteiger partial charge >= 0.3 is 11.9 Å². The lowest BCUT2D eigenvalue weighted by molar-refractivity contribution is -0.138. The molecule has 0 fully saturated rings. The summed E-state index contributed by atoms with van der Waals surface area (Å²) >= 11 is 0. The summed E-state index contributed by atoms with van der Waals surface area (Å²) in [6.07, 6.45) is 13.8. The predicted octanol–water partition coefficient (Wildman–Crippen LogP) is 4.00. The number of allylic oxidation sites excluding steroid dienone is 2. The van der Waals surface area contributed by atoms with Gasteiger partial charge in [0.1, 0.15) is 0 Å². The topological polar surface area (TPSA) is 74.6 Å². The van der Waals surface area contributed by atoms with Crippen LogP contribution in [0.25, 0.3) is 0 Å². The summed E-state index contributed by atoms with van der Waals surface area (Å²) in [5, 5.41) is 16.9. The number of unbranched alkanes of at least 4 members (excludes halogenated alkanes) is 7. The fourth-order valence-electron chi connectivity index (χ4n) is 1.84. The Morgan fingerprint density at radius 1 is 0.632 bits per heavy atom. The molecule has 0 radical (unpaired) electrons. The molecule has 0 saturated heterocycles. The molecule has 4 heteroatoms. The Morgan fingerprint density at radius 2 is 1.00 bits per heavy atom. The minimum atomic E-state index is -0.710. The number of hydrogen-bond donors (Lipinski definition) is 2. The highest BCUT2D eigenvalue weighted by Crippen LogP contribution is 2.07. The van der Waals surface area contributed by atoms with E-state index in [0.29, 0.717) is 0 Å². The number of hydrogen-bond acceptors (Lipinski definition) is 2. The molecule has 2 N–H and O–H groups in total. The molecule has 0 heterocycles. The Bertz CT molecular complexity index is 271. The number of carbonyl (C=O) groups is 2. The van der Waals surface area contributed by atoms with Gasteiger partial charge in [0, 0.05) is 12.8 Å². The summed E-state index contributed by atoms with van der Waals surface area (Å²) in [7, 11) is 0. The van der Waals surface area contributed by atoms with Gasteiger partial charge < -0.3 is 10.2 Å². The van der Waals surface area contributed by atoms with Gasteiger partial charge in [-0.1, -0.05) is 31.4 Å². The highest BCUT2D eigenvalue weighted by molar-refractivity contribution is 5.66. The van der Waals surface area contributed by atoms with Crippen LogP contribution in [0.5, 0.6) is 0 Å². The molecular formula is C15H26O4. The maximum Gasteiger partial charge on any atom is 0.303 e. The van der Waals surface area contributed by atoms with E-state index in [1.165, 1.54) is 0 Å². The summed E-state index contributed by atoms with van der Waals surface area (Å²) in [6.45, 7) is 0. The van der Waals surface area contributed by atoms with Gasteiger partial charge in [-0.15, -0.1) is 0 Å². The van der Waals surface area contributed by atoms with Gasteiger partial charge in [0.05, 0.1) is 0 Å². The van der Waals surface area contributed by atoms with E-state index in [0.717, 1.165) is 57.8 Å². The summed E-state index contributed by atoms with van der Waals surface area (Å²) in [5.74, 6) is -1.42. The van der Waals surface area contributed by atoms with Crippen LogP contribution in [0.1, 0.15) is 70.6 Å². The second-order valence-electron chi connectivity index (χ2n) is 4.81. The van der Waals surface area contributed by atoms with Crippen molar-refractivity contribution >= 4 is 11.9 Å². The van der Waals surface area contributed by atoms with E-state index in [9.17, 15) is 9.59 Å². The number of carboxylic acid groups (broad SMARTS) is 2. The molecule has 0 atom stereocenters. The second-order valence-corrected chi connectivity index (χ2v) is 4.81. The van der Waals surface area contributed by atoms with Crippen LogP contribution in [0, 0.1) is 0 Å². The van der Waals surface area contributed by atoms with E-state index in [-0.39, 0.29) is 12.8 Å². The Balaban J connectivity index is 3.13. The number of rotatable bonds is 13. The molecule has 110 valence electrons. The minimum absolute atomic E-state index is 0.278. The fourth-order valence-corrected chi connectivity index (χ4v) is 1.84. The molecule has 0 spiro atoms. The van der Waals surface area contributed by atoms with Crippen molar-refractivity contribution in [1.29, 1.82) is 0 Å². The van der Waals surface area contributed by atoms with Crippen LogP contribution in [0.15, 0.2) is 12.2 Å². The summed E-state index contributed by atoms with van der Waals surface area (Å²) in [6, 6.07) is 0. The summed E-state index contributed by atoms with van der Waals surface area (Å²) < 4.78 is 0. The lowest BCUT2D eigenvalue weighted by Gasteiger charge is -1.97. The van der Waals surface area contributed by atoms with Crippen LogP contribution >= 0.6 is 0 Å². The molecule has 4 nitrogen and oxygen atoms in total. The van der Waals surface area contributed by atoms with E-state index < -0.39 is 11.9 Å². The first-order valence-electron chi connectivity index (χ1n) is 7.21. The Labute approximate surface area is 115 Å². The standard InChI is InChI=1S/C15H26O4/c16-14(17)12-10-8-6-4-2-1-3-5-7-9-11-13-15(18)19/h1-2H,3-13H2,(H,16,17)(H,18,19). The van der Waals surface area contributed by atoms with Crippen molar-refractivity contribution in [2.75, 3.05) is 0 Å². The van der Waals surface area contributed by atoms with E-state index in [1.54, 1.807) is 0 Å². The molecule has 0 rings (SSSR count).